The molecule has 0 spiro atoms. The van der Waals surface area contributed by atoms with E-state index in [4.69, 9.17) is 16.2 Å². The number of aliphatic hydroxyl groups excluding tert-OH is 1. The SMILES string of the molecule is CC(C)(C)OC(=O)C(O)[C@@H](N)CCCCN. The summed E-state index contributed by atoms with van der Waals surface area (Å²) in [5.74, 6) is -0.659. The minimum atomic E-state index is -1.25. The fraction of sp³-hybridized carbons (Fsp3) is 0.909. The Morgan fingerprint density at radius 2 is 1.94 bits per heavy atom. The third kappa shape index (κ3) is 6.76. The fourth-order valence-corrected chi connectivity index (χ4v) is 1.22. The normalized spacial score (nSPS) is 15.6. The Balaban J connectivity index is 4.01. The second kappa shape index (κ2) is 6.83. The molecule has 0 bridgehead atoms. The average Bonchev–Trinajstić information content (AvgIpc) is 2.14. The van der Waals surface area contributed by atoms with Crippen LogP contribution < -0.4 is 11.5 Å². The van der Waals surface area contributed by atoms with Crippen molar-refractivity contribution in [3.8, 4) is 0 Å². The minimum absolute atomic E-state index is 0.567. The van der Waals surface area contributed by atoms with E-state index >= 15 is 0 Å². The molecule has 0 amide bonds. The van der Waals surface area contributed by atoms with Crippen molar-refractivity contribution in [2.45, 2.75) is 57.8 Å². The second-order valence-electron chi connectivity index (χ2n) is 4.93. The summed E-state index contributed by atoms with van der Waals surface area (Å²) in [4.78, 5) is 11.5. The molecule has 0 fully saturated rings. The maximum Gasteiger partial charge on any atom is 0.337 e. The van der Waals surface area contributed by atoms with Gasteiger partial charge in [-0.25, -0.2) is 4.79 Å². The van der Waals surface area contributed by atoms with E-state index in [-0.39, 0.29) is 0 Å². The first-order valence-electron chi connectivity index (χ1n) is 5.64. The van der Waals surface area contributed by atoms with Crippen LogP contribution in [0, 0.1) is 0 Å². The molecule has 0 aliphatic rings. The lowest BCUT2D eigenvalue weighted by molar-refractivity contribution is -0.166. The third-order valence-electron chi connectivity index (χ3n) is 2.05. The third-order valence-corrected chi connectivity index (χ3v) is 2.05. The molecule has 2 atom stereocenters. The standard InChI is InChI=1S/C11H24N2O3/c1-11(2,3)16-10(15)9(14)8(13)6-4-5-7-12/h8-9,14H,4-7,12-13H2,1-3H3/t8-,9?/m0/s1. The number of carbonyl (C=O) groups is 1. The van der Waals surface area contributed by atoms with E-state index in [0.717, 1.165) is 12.8 Å². The van der Waals surface area contributed by atoms with E-state index in [9.17, 15) is 9.90 Å². The van der Waals surface area contributed by atoms with E-state index < -0.39 is 23.7 Å². The van der Waals surface area contributed by atoms with Crippen LogP contribution in [-0.2, 0) is 9.53 Å². The molecule has 96 valence electrons. The van der Waals surface area contributed by atoms with Crippen LogP contribution in [-0.4, -0.2) is 35.4 Å². The van der Waals surface area contributed by atoms with Crippen molar-refractivity contribution in [1.29, 1.82) is 0 Å². The molecule has 0 aliphatic heterocycles. The van der Waals surface area contributed by atoms with Crippen LogP contribution in [0.4, 0.5) is 0 Å². The Morgan fingerprint density at radius 1 is 1.38 bits per heavy atom. The van der Waals surface area contributed by atoms with Crippen LogP contribution in [0.3, 0.4) is 0 Å². The number of unbranched alkanes of at least 4 members (excludes halogenated alkanes) is 1. The Morgan fingerprint density at radius 3 is 2.38 bits per heavy atom. The molecule has 0 aromatic rings. The molecular formula is C11H24N2O3. The van der Waals surface area contributed by atoms with Gasteiger partial charge >= 0.3 is 5.97 Å². The summed E-state index contributed by atoms with van der Waals surface area (Å²) >= 11 is 0. The molecular weight excluding hydrogens is 208 g/mol. The Bertz CT molecular complexity index is 214. The first-order valence-corrected chi connectivity index (χ1v) is 5.64. The lowest BCUT2D eigenvalue weighted by atomic mass is 10.0. The van der Waals surface area contributed by atoms with Crippen molar-refractivity contribution in [2.24, 2.45) is 11.5 Å². The molecule has 0 aliphatic carbocycles. The van der Waals surface area contributed by atoms with Crippen molar-refractivity contribution in [3.63, 3.8) is 0 Å². The zero-order valence-corrected chi connectivity index (χ0v) is 10.4. The molecule has 5 heteroatoms. The van der Waals surface area contributed by atoms with E-state index in [1.165, 1.54) is 0 Å². The lowest BCUT2D eigenvalue weighted by Crippen LogP contribution is -2.43. The van der Waals surface area contributed by atoms with E-state index in [0.29, 0.717) is 13.0 Å². The van der Waals surface area contributed by atoms with Gasteiger partial charge in [-0.15, -0.1) is 0 Å². The zero-order chi connectivity index (χ0) is 12.8. The van der Waals surface area contributed by atoms with Gasteiger partial charge in [-0.3, -0.25) is 0 Å². The van der Waals surface area contributed by atoms with Crippen molar-refractivity contribution in [2.75, 3.05) is 6.54 Å². The topological polar surface area (TPSA) is 98.6 Å². The number of rotatable bonds is 6. The summed E-state index contributed by atoms with van der Waals surface area (Å²) in [6, 6.07) is -0.582. The number of hydrogen-bond donors (Lipinski definition) is 3. The van der Waals surface area contributed by atoms with E-state index in [1.807, 2.05) is 0 Å². The monoisotopic (exact) mass is 232 g/mol. The molecule has 0 radical (unpaired) electrons. The Kier molecular flexibility index (Phi) is 6.55. The lowest BCUT2D eigenvalue weighted by Gasteiger charge is -2.24. The molecule has 5 N–H and O–H groups in total. The van der Waals surface area contributed by atoms with Crippen LogP contribution in [0.2, 0.25) is 0 Å². The average molecular weight is 232 g/mol. The number of ether oxygens (including phenoxy) is 1. The second-order valence-corrected chi connectivity index (χ2v) is 4.93. The number of aliphatic hydroxyl groups is 1. The van der Waals surface area contributed by atoms with Gasteiger partial charge in [-0.05, 0) is 40.2 Å². The van der Waals surface area contributed by atoms with E-state index in [2.05, 4.69) is 0 Å². The molecule has 0 heterocycles. The maximum absolute atomic E-state index is 11.5. The molecule has 1 unspecified atom stereocenters. The van der Waals surface area contributed by atoms with Gasteiger partial charge in [-0.1, -0.05) is 6.42 Å². The zero-order valence-electron chi connectivity index (χ0n) is 10.4. The van der Waals surface area contributed by atoms with Gasteiger partial charge in [0.05, 0.1) is 0 Å². The molecule has 5 nitrogen and oxygen atoms in total. The number of esters is 1. The summed E-state index contributed by atoms with van der Waals surface area (Å²) in [7, 11) is 0. The predicted octanol–water partition coefficient (Wildman–Crippen LogP) is 0.145. The molecule has 0 aromatic carbocycles. The van der Waals surface area contributed by atoms with Crippen LogP contribution in [0.1, 0.15) is 40.0 Å². The quantitative estimate of drug-likeness (QED) is 0.447. The van der Waals surface area contributed by atoms with Crippen molar-refractivity contribution in [3.05, 3.63) is 0 Å². The highest BCUT2D eigenvalue weighted by Crippen LogP contribution is 2.11. The predicted molar refractivity (Wildman–Crippen MR) is 62.7 cm³/mol. The summed E-state index contributed by atoms with van der Waals surface area (Å²) < 4.78 is 5.03. The Labute approximate surface area is 97.1 Å². The van der Waals surface area contributed by atoms with Gasteiger partial charge in [-0.2, -0.15) is 0 Å². The number of carbonyl (C=O) groups excluding carboxylic acids is 1. The molecule has 0 saturated heterocycles. The Hall–Kier alpha value is -0.650. The maximum atomic E-state index is 11.5. The molecule has 16 heavy (non-hydrogen) atoms. The van der Waals surface area contributed by atoms with Crippen LogP contribution in [0.25, 0.3) is 0 Å². The summed E-state index contributed by atoms with van der Waals surface area (Å²) in [5.41, 5.74) is 10.4. The summed E-state index contributed by atoms with van der Waals surface area (Å²) in [6.07, 6.45) is 0.959. The van der Waals surface area contributed by atoms with Crippen LogP contribution >= 0.6 is 0 Å². The number of hydrogen-bond acceptors (Lipinski definition) is 5. The van der Waals surface area contributed by atoms with Gasteiger partial charge in [0.2, 0.25) is 0 Å². The highest BCUT2D eigenvalue weighted by molar-refractivity contribution is 5.75. The van der Waals surface area contributed by atoms with Crippen molar-refractivity contribution in [1.82, 2.24) is 0 Å². The first-order chi connectivity index (χ1) is 7.28. The summed E-state index contributed by atoms with van der Waals surface area (Å²) in [6.45, 7) is 5.84. The highest BCUT2D eigenvalue weighted by Gasteiger charge is 2.27. The smallest absolute Gasteiger partial charge is 0.337 e. The minimum Gasteiger partial charge on any atom is -0.458 e. The number of nitrogens with two attached hydrogens (primary N) is 2. The van der Waals surface area contributed by atoms with Crippen molar-refractivity contribution >= 4 is 5.97 Å². The molecule has 0 rings (SSSR count). The van der Waals surface area contributed by atoms with Gasteiger partial charge in [0, 0.05) is 6.04 Å². The molecule has 0 saturated carbocycles. The van der Waals surface area contributed by atoms with Gasteiger partial charge < -0.3 is 21.3 Å². The van der Waals surface area contributed by atoms with Crippen molar-refractivity contribution < 1.29 is 14.6 Å². The van der Waals surface area contributed by atoms with Gasteiger partial charge in [0.1, 0.15) is 5.60 Å². The van der Waals surface area contributed by atoms with Crippen LogP contribution in [0.15, 0.2) is 0 Å². The summed E-state index contributed by atoms with van der Waals surface area (Å²) in [5, 5.41) is 9.62. The van der Waals surface area contributed by atoms with Gasteiger partial charge in [0.15, 0.2) is 6.10 Å². The van der Waals surface area contributed by atoms with Gasteiger partial charge in [0.25, 0.3) is 0 Å². The first kappa shape index (κ1) is 15.3. The van der Waals surface area contributed by atoms with E-state index in [1.54, 1.807) is 20.8 Å². The highest BCUT2D eigenvalue weighted by atomic mass is 16.6. The fourth-order valence-electron chi connectivity index (χ4n) is 1.22. The largest absolute Gasteiger partial charge is 0.458 e. The molecule has 0 aromatic heterocycles. The van der Waals surface area contributed by atoms with Crippen LogP contribution in [0.5, 0.6) is 0 Å².